The second kappa shape index (κ2) is 8.67. The Morgan fingerprint density at radius 1 is 1.36 bits per heavy atom. The molecule has 0 bridgehead atoms. The average molecular weight is 309 g/mol. The number of furan rings is 1. The Labute approximate surface area is 130 Å². The Morgan fingerprint density at radius 2 is 2.23 bits per heavy atom. The van der Waals surface area contributed by atoms with Crippen molar-refractivity contribution in [3.63, 3.8) is 0 Å². The minimum absolute atomic E-state index is 0.167. The summed E-state index contributed by atoms with van der Waals surface area (Å²) in [5.41, 5.74) is 0. The highest BCUT2D eigenvalue weighted by molar-refractivity contribution is 4.98. The van der Waals surface area contributed by atoms with Crippen LogP contribution in [0, 0.1) is 0 Å². The van der Waals surface area contributed by atoms with Gasteiger partial charge in [-0.3, -0.25) is 4.90 Å². The second-order valence-electron chi connectivity index (χ2n) is 4.93. The zero-order chi connectivity index (χ0) is 15.8. The fourth-order valence-corrected chi connectivity index (χ4v) is 2.07. The average Bonchev–Trinajstić information content (AvgIpc) is 3.16. The molecule has 0 saturated carbocycles. The third kappa shape index (κ3) is 4.94. The zero-order valence-corrected chi connectivity index (χ0v) is 13.3. The van der Waals surface area contributed by atoms with Crippen LogP contribution in [-0.4, -0.2) is 41.9 Å². The van der Waals surface area contributed by atoms with Crippen LogP contribution in [0.3, 0.4) is 0 Å². The number of aromatic nitrogens is 2. The van der Waals surface area contributed by atoms with Crippen LogP contribution >= 0.6 is 0 Å². The molecule has 0 amide bonds. The van der Waals surface area contributed by atoms with Gasteiger partial charge in [-0.25, -0.2) is 0 Å². The third-order valence-corrected chi connectivity index (χ3v) is 3.19. The van der Waals surface area contributed by atoms with Gasteiger partial charge in [0.15, 0.2) is 5.82 Å². The monoisotopic (exact) mass is 309 g/mol. The molecule has 0 radical (unpaired) electrons. The van der Waals surface area contributed by atoms with Crippen molar-refractivity contribution in [1.29, 1.82) is 0 Å². The van der Waals surface area contributed by atoms with E-state index in [1.54, 1.807) is 13.4 Å². The molecule has 2 heterocycles. The van der Waals surface area contributed by atoms with E-state index in [1.807, 2.05) is 26.0 Å². The first-order valence-electron chi connectivity index (χ1n) is 7.40. The topological polar surface area (TPSA) is 73.8 Å². The standard InChI is InChI=1S/C15H23N3O4/c1-4-20-12(2)15-16-14(22-17-15)11-18(7-9-19-3)10-13-6-5-8-21-13/h5-6,8,12H,4,7,9-11H2,1-3H3. The van der Waals surface area contributed by atoms with Crippen molar-refractivity contribution in [3.05, 3.63) is 35.9 Å². The molecule has 0 aliphatic rings. The lowest BCUT2D eigenvalue weighted by molar-refractivity contribution is 0.0683. The molecule has 7 heteroatoms. The highest BCUT2D eigenvalue weighted by Crippen LogP contribution is 2.14. The van der Waals surface area contributed by atoms with Crippen molar-refractivity contribution in [2.24, 2.45) is 0 Å². The molecule has 0 saturated heterocycles. The molecule has 1 unspecified atom stereocenters. The molecule has 7 nitrogen and oxygen atoms in total. The van der Waals surface area contributed by atoms with E-state index in [2.05, 4.69) is 15.0 Å². The van der Waals surface area contributed by atoms with E-state index in [0.29, 0.717) is 38.0 Å². The normalized spacial score (nSPS) is 12.9. The van der Waals surface area contributed by atoms with Gasteiger partial charge in [0.25, 0.3) is 0 Å². The lowest BCUT2D eigenvalue weighted by Crippen LogP contribution is -2.26. The second-order valence-corrected chi connectivity index (χ2v) is 4.93. The molecule has 22 heavy (non-hydrogen) atoms. The molecule has 0 N–H and O–H groups in total. The van der Waals surface area contributed by atoms with Crippen LogP contribution in [0.2, 0.25) is 0 Å². The minimum atomic E-state index is -0.167. The smallest absolute Gasteiger partial charge is 0.240 e. The van der Waals surface area contributed by atoms with Crippen molar-refractivity contribution < 1.29 is 18.4 Å². The van der Waals surface area contributed by atoms with Crippen LogP contribution in [-0.2, 0) is 22.6 Å². The van der Waals surface area contributed by atoms with Crippen molar-refractivity contribution >= 4 is 0 Å². The molecule has 0 spiro atoms. The highest BCUT2D eigenvalue weighted by atomic mass is 16.5. The summed E-state index contributed by atoms with van der Waals surface area (Å²) in [5.74, 6) is 2.02. The Bertz CT molecular complexity index is 527. The van der Waals surface area contributed by atoms with Crippen molar-refractivity contribution in [3.8, 4) is 0 Å². The number of nitrogens with zero attached hydrogens (tertiary/aromatic N) is 3. The van der Waals surface area contributed by atoms with Gasteiger partial charge in [-0.1, -0.05) is 5.16 Å². The van der Waals surface area contributed by atoms with Gasteiger partial charge in [0.05, 0.1) is 26.0 Å². The lowest BCUT2D eigenvalue weighted by atomic mass is 10.3. The first kappa shape index (κ1) is 16.7. The van der Waals surface area contributed by atoms with Gasteiger partial charge in [0.2, 0.25) is 5.89 Å². The van der Waals surface area contributed by atoms with E-state index in [4.69, 9.17) is 18.4 Å². The van der Waals surface area contributed by atoms with Gasteiger partial charge < -0.3 is 18.4 Å². The van der Waals surface area contributed by atoms with Crippen molar-refractivity contribution in [2.75, 3.05) is 26.9 Å². The van der Waals surface area contributed by atoms with Gasteiger partial charge in [-0.05, 0) is 26.0 Å². The Balaban J connectivity index is 1.96. The molecule has 2 aromatic rings. The molecule has 0 fully saturated rings. The molecular weight excluding hydrogens is 286 g/mol. The van der Waals surface area contributed by atoms with Crippen LogP contribution in [0.1, 0.15) is 37.4 Å². The number of ether oxygens (including phenoxy) is 2. The SMILES string of the molecule is CCOC(C)c1noc(CN(CCOC)Cc2ccco2)n1. The number of rotatable bonds is 10. The molecule has 2 rings (SSSR count). The predicted molar refractivity (Wildman–Crippen MR) is 79.0 cm³/mol. The zero-order valence-electron chi connectivity index (χ0n) is 13.3. The van der Waals surface area contributed by atoms with Crippen LogP contribution in [0.5, 0.6) is 0 Å². The maximum absolute atomic E-state index is 5.46. The summed E-state index contributed by atoms with van der Waals surface area (Å²) in [7, 11) is 1.68. The molecule has 1 atom stereocenters. The van der Waals surface area contributed by atoms with Gasteiger partial charge in [0, 0.05) is 20.3 Å². The number of hydrogen-bond donors (Lipinski definition) is 0. The van der Waals surface area contributed by atoms with Gasteiger partial charge >= 0.3 is 0 Å². The molecular formula is C15H23N3O4. The highest BCUT2D eigenvalue weighted by Gasteiger charge is 2.17. The Kier molecular flexibility index (Phi) is 6.57. The van der Waals surface area contributed by atoms with Gasteiger partial charge in [-0.15, -0.1) is 0 Å². The van der Waals surface area contributed by atoms with E-state index in [-0.39, 0.29) is 6.10 Å². The van der Waals surface area contributed by atoms with Gasteiger partial charge in [-0.2, -0.15) is 4.98 Å². The maximum atomic E-state index is 5.46. The van der Waals surface area contributed by atoms with Crippen LogP contribution < -0.4 is 0 Å². The van der Waals surface area contributed by atoms with E-state index in [9.17, 15) is 0 Å². The molecule has 0 aromatic carbocycles. The van der Waals surface area contributed by atoms with Crippen LogP contribution in [0.15, 0.2) is 27.3 Å². The van der Waals surface area contributed by atoms with Crippen LogP contribution in [0.25, 0.3) is 0 Å². The summed E-state index contributed by atoms with van der Waals surface area (Å²) in [4.78, 5) is 6.52. The summed E-state index contributed by atoms with van der Waals surface area (Å²) in [6, 6.07) is 3.81. The largest absolute Gasteiger partial charge is 0.468 e. The van der Waals surface area contributed by atoms with E-state index < -0.39 is 0 Å². The van der Waals surface area contributed by atoms with E-state index in [1.165, 1.54) is 0 Å². The lowest BCUT2D eigenvalue weighted by Gasteiger charge is -2.18. The summed E-state index contributed by atoms with van der Waals surface area (Å²) in [5, 5.41) is 3.97. The van der Waals surface area contributed by atoms with E-state index >= 15 is 0 Å². The van der Waals surface area contributed by atoms with Crippen LogP contribution in [0.4, 0.5) is 0 Å². The molecule has 0 aliphatic heterocycles. The molecule has 0 aliphatic carbocycles. The molecule has 2 aromatic heterocycles. The fourth-order valence-electron chi connectivity index (χ4n) is 2.07. The predicted octanol–water partition coefficient (Wildman–Crippen LogP) is 2.41. The Morgan fingerprint density at radius 3 is 2.91 bits per heavy atom. The molecule has 122 valence electrons. The van der Waals surface area contributed by atoms with Crippen molar-refractivity contribution in [1.82, 2.24) is 15.0 Å². The van der Waals surface area contributed by atoms with Crippen molar-refractivity contribution in [2.45, 2.75) is 33.0 Å². The minimum Gasteiger partial charge on any atom is -0.468 e. The maximum Gasteiger partial charge on any atom is 0.240 e. The first-order valence-corrected chi connectivity index (χ1v) is 7.40. The van der Waals surface area contributed by atoms with E-state index in [0.717, 1.165) is 12.3 Å². The Hall–Kier alpha value is -1.70. The summed E-state index contributed by atoms with van der Waals surface area (Å²) in [6.45, 7) is 7.03. The summed E-state index contributed by atoms with van der Waals surface area (Å²) >= 11 is 0. The fraction of sp³-hybridized carbons (Fsp3) is 0.600. The number of hydrogen-bond acceptors (Lipinski definition) is 7. The summed E-state index contributed by atoms with van der Waals surface area (Å²) in [6.07, 6.45) is 1.50. The quantitative estimate of drug-likeness (QED) is 0.667. The third-order valence-electron chi connectivity index (χ3n) is 3.19. The summed E-state index contributed by atoms with van der Waals surface area (Å²) < 4.78 is 21.3. The first-order chi connectivity index (χ1) is 10.7. The van der Waals surface area contributed by atoms with Gasteiger partial charge in [0.1, 0.15) is 11.9 Å². The number of methoxy groups -OCH3 is 1.